The van der Waals surface area contributed by atoms with Crippen LogP contribution in [0.4, 0.5) is 0 Å². The van der Waals surface area contributed by atoms with Crippen molar-refractivity contribution in [2.45, 2.75) is 43.7 Å². The maximum Gasteiger partial charge on any atom is 0.305 e. The van der Waals surface area contributed by atoms with E-state index in [-0.39, 0.29) is 29.6 Å². The molecule has 0 saturated heterocycles. The van der Waals surface area contributed by atoms with E-state index < -0.39 is 0 Å². The second kappa shape index (κ2) is 10.3. The lowest BCUT2D eigenvalue weighted by molar-refractivity contribution is -0.143. The Bertz CT molecular complexity index is 1170. The zero-order valence-electron chi connectivity index (χ0n) is 17.8. The Morgan fingerprint density at radius 3 is 2.78 bits per heavy atom. The second-order valence-corrected chi connectivity index (χ2v) is 9.36. The minimum absolute atomic E-state index is 0.0818. The Kier molecular flexibility index (Phi) is 7.26. The van der Waals surface area contributed by atoms with Gasteiger partial charge in [-0.3, -0.25) is 19.0 Å². The first kappa shape index (κ1) is 22.5. The normalized spacial score (nSPS) is 13.3. The number of thioether (sulfide) groups is 1. The van der Waals surface area contributed by atoms with Crippen molar-refractivity contribution in [2.24, 2.45) is 0 Å². The van der Waals surface area contributed by atoms with Gasteiger partial charge in [0.15, 0.2) is 5.16 Å². The third-order valence-electron chi connectivity index (χ3n) is 5.15. The maximum atomic E-state index is 13.5. The fourth-order valence-electron chi connectivity index (χ4n) is 3.46. The molecule has 0 bridgehead atoms. The Morgan fingerprint density at radius 1 is 1.28 bits per heavy atom. The number of nitrogens with one attached hydrogen (secondary N) is 1. The first-order valence-electron chi connectivity index (χ1n) is 10.7. The molecule has 0 radical (unpaired) electrons. The van der Waals surface area contributed by atoms with Crippen molar-refractivity contribution < 1.29 is 14.3 Å². The molecule has 7 nitrogen and oxygen atoms in total. The molecule has 0 spiro atoms. The summed E-state index contributed by atoms with van der Waals surface area (Å²) in [4.78, 5) is 42.7. The molecule has 2 aromatic heterocycles. The molecular formula is C23H25N3O4S2. The van der Waals surface area contributed by atoms with Crippen molar-refractivity contribution in [3.8, 4) is 5.69 Å². The number of carbonyl (C=O) groups excluding carboxylic acids is 2. The maximum absolute atomic E-state index is 13.5. The lowest BCUT2D eigenvalue weighted by Gasteiger charge is -2.12. The van der Waals surface area contributed by atoms with E-state index in [1.165, 1.54) is 23.1 Å². The molecule has 1 fully saturated rings. The van der Waals surface area contributed by atoms with Crippen LogP contribution < -0.4 is 10.9 Å². The highest BCUT2D eigenvalue weighted by Gasteiger charge is 2.29. The van der Waals surface area contributed by atoms with Gasteiger partial charge in [0.2, 0.25) is 5.91 Å². The molecule has 32 heavy (non-hydrogen) atoms. The molecule has 9 heteroatoms. The highest BCUT2D eigenvalue weighted by molar-refractivity contribution is 7.99. The van der Waals surface area contributed by atoms with Crippen molar-refractivity contribution in [3.05, 3.63) is 51.6 Å². The Labute approximate surface area is 194 Å². The van der Waals surface area contributed by atoms with Crippen molar-refractivity contribution in [2.75, 3.05) is 18.9 Å². The fraction of sp³-hybridized carbons (Fsp3) is 0.391. The average Bonchev–Trinajstić information content (AvgIpc) is 3.55. The number of rotatable bonds is 10. The molecule has 1 aliphatic rings. The van der Waals surface area contributed by atoms with Crippen LogP contribution in [-0.4, -0.2) is 40.3 Å². The van der Waals surface area contributed by atoms with Crippen molar-refractivity contribution in [1.29, 1.82) is 0 Å². The van der Waals surface area contributed by atoms with Gasteiger partial charge in [0, 0.05) is 13.0 Å². The summed E-state index contributed by atoms with van der Waals surface area (Å²) in [6.45, 7) is 2.51. The molecule has 1 aliphatic carbocycles. The van der Waals surface area contributed by atoms with Crippen molar-refractivity contribution in [3.63, 3.8) is 0 Å². The molecule has 1 aromatic carbocycles. The van der Waals surface area contributed by atoms with Crippen LogP contribution in [0.25, 0.3) is 15.9 Å². The first-order chi connectivity index (χ1) is 15.6. The number of nitrogens with zero attached hydrogens (tertiary/aromatic N) is 2. The van der Waals surface area contributed by atoms with Crippen LogP contribution in [0.15, 0.2) is 45.7 Å². The minimum Gasteiger partial charge on any atom is -0.466 e. The summed E-state index contributed by atoms with van der Waals surface area (Å²) in [5, 5.41) is 6.06. The Balaban J connectivity index is 1.50. The minimum atomic E-state index is -0.262. The third kappa shape index (κ3) is 5.21. The van der Waals surface area contributed by atoms with Crippen LogP contribution in [0.1, 0.15) is 44.1 Å². The van der Waals surface area contributed by atoms with Gasteiger partial charge < -0.3 is 10.1 Å². The summed E-state index contributed by atoms with van der Waals surface area (Å²) in [6, 6.07) is 9.41. The number of esters is 1. The van der Waals surface area contributed by atoms with Gasteiger partial charge >= 0.3 is 5.97 Å². The highest BCUT2D eigenvalue weighted by Crippen LogP contribution is 2.44. The van der Waals surface area contributed by atoms with Gasteiger partial charge in [0.1, 0.15) is 4.83 Å². The molecule has 1 N–H and O–H groups in total. The van der Waals surface area contributed by atoms with Gasteiger partial charge in [-0.25, -0.2) is 4.98 Å². The number of amides is 1. The number of carbonyl (C=O) groups is 2. The van der Waals surface area contributed by atoms with Crippen LogP contribution in [0.3, 0.4) is 0 Å². The number of benzene rings is 1. The number of para-hydroxylation sites is 1. The average molecular weight is 472 g/mol. The molecule has 2 heterocycles. The van der Waals surface area contributed by atoms with Gasteiger partial charge in [-0.15, -0.1) is 11.3 Å². The Morgan fingerprint density at radius 2 is 2.06 bits per heavy atom. The molecule has 1 amide bonds. The zero-order chi connectivity index (χ0) is 22.5. The van der Waals surface area contributed by atoms with Crippen LogP contribution in [0.5, 0.6) is 0 Å². The summed E-state index contributed by atoms with van der Waals surface area (Å²) in [5.41, 5.74) is 1.75. The van der Waals surface area contributed by atoms with Crippen LogP contribution in [0, 0.1) is 0 Å². The summed E-state index contributed by atoms with van der Waals surface area (Å²) in [6.07, 6.45) is 3.02. The zero-order valence-corrected chi connectivity index (χ0v) is 19.5. The molecule has 0 unspecified atom stereocenters. The molecule has 3 aromatic rings. The monoisotopic (exact) mass is 471 g/mol. The molecule has 4 rings (SSSR count). The van der Waals surface area contributed by atoms with Crippen molar-refractivity contribution in [1.82, 2.24) is 14.9 Å². The van der Waals surface area contributed by atoms with Gasteiger partial charge in [-0.1, -0.05) is 30.0 Å². The summed E-state index contributed by atoms with van der Waals surface area (Å²) in [7, 11) is 0. The van der Waals surface area contributed by atoms with E-state index in [4.69, 9.17) is 9.72 Å². The largest absolute Gasteiger partial charge is 0.466 e. The highest BCUT2D eigenvalue weighted by atomic mass is 32.2. The van der Waals surface area contributed by atoms with E-state index in [2.05, 4.69) is 10.7 Å². The molecule has 1 saturated carbocycles. The standard InChI is InChI=1S/C23H25N3O4S2/c1-2-30-19(28)9-6-12-24-18(27)14-32-23-25-21-20(17(13-31-21)15-10-11-15)22(29)26(23)16-7-4-3-5-8-16/h3-5,7-8,13,15H,2,6,9-12,14H2,1H3,(H,24,27). The second-order valence-electron chi connectivity index (χ2n) is 7.56. The lowest BCUT2D eigenvalue weighted by Crippen LogP contribution is -2.27. The number of hydrogen-bond donors (Lipinski definition) is 1. The smallest absolute Gasteiger partial charge is 0.305 e. The Hall–Kier alpha value is -2.65. The van der Waals surface area contributed by atoms with E-state index in [0.717, 1.165) is 28.9 Å². The number of aromatic nitrogens is 2. The number of fused-ring (bicyclic) bond motifs is 1. The number of ether oxygens (including phenoxy) is 1. The van der Waals surface area contributed by atoms with Crippen molar-refractivity contribution >= 4 is 45.2 Å². The number of thiophene rings is 1. The molecular weight excluding hydrogens is 446 g/mol. The van der Waals surface area contributed by atoms with E-state index >= 15 is 0 Å². The van der Waals surface area contributed by atoms with Crippen LogP contribution >= 0.6 is 23.1 Å². The van der Waals surface area contributed by atoms with Crippen LogP contribution in [-0.2, 0) is 14.3 Å². The summed E-state index contributed by atoms with van der Waals surface area (Å²) < 4.78 is 6.49. The quantitative estimate of drug-likeness (QED) is 0.209. The van der Waals surface area contributed by atoms with Crippen LogP contribution in [0.2, 0.25) is 0 Å². The third-order valence-corrected chi connectivity index (χ3v) is 6.98. The molecule has 0 aliphatic heterocycles. The van der Waals surface area contributed by atoms with Gasteiger partial charge in [-0.05, 0) is 55.2 Å². The van der Waals surface area contributed by atoms with Gasteiger partial charge in [-0.2, -0.15) is 0 Å². The lowest BCUT2D eigenvalue weighted by atomic mass is 10.1. The summed E-state index contributed by atoms with van der Waals surface area (Å²) in [5.74, 6) is 0.159. The van der Waals surface area contributed by atoms with Gasteiger partial charge in [0.25, 0.3) is 5.56 Å². The topological polar surface area (TPSA) is 90.3 Å². The van der Waals surface area contributed by atoms with Gasteiger partial charge in [0.05, 0.1) is 23.4 Å². The summed E-state index contributed by atoms with van der Waals surface area (Å²) >= 11 is 2.73. The van der Waals surface area contributed by atoms with E-state index in [1.54, 1.807) is 11.5 Å². The van der Waals surface area contributed by atoms with E-state index in [1.807, 2.05) is 30.3 Å². The SMILES string of the molecule is CCOC(=O)CCCNC(=O)CSc1nc2scc(C3CC3)c2c(=O)n1-c1ccccc1. The predicted molar refractivity (Wildman–Crippen MR) is 127 cm³/mol. The molecule has 0 atom stereocenters. The van der Waals surface area contributed by atoms with E-state index in [0.29, 0.717) is 36.0 Å². The first-order valence-corrected chi connectivity index (χ1v) is 12.6. The predicted octanol–water partition coefficient (Wildman–Crippen LogP) is 3.88. The number of hydrogen-bond acceptors (Lipinski definition) is 7. The fourth-order valence-corrected chi connectivity index (χ4v) is 5.37. The van der Waals surface area contributed by atoms with E-state index in [9.17, 15) is 14.4 Å². The molecule has 168 valence electrons.